The Morgan fingerprint density at radius 1 is 1.67 bits per heavy atom. The number of rotatable bonds is 5. The Labute approximate surface area is 93.8 Å². The smallest absolute Gasteiger partial charge is 0.234 e. The largest absolute Gasteiger partial charge is 0.323 e. The van der Waals surface area contributed by atoms with E-state index in [1.807, 2.05) is 6.92 Å². The Hall–Kier alpha value is -0.660. The van der Waals surface area contributed by atoms with E-state index in [0.29, 0.717) is 17.2 Å². The Kier molecular flexibility index (Phi) is 4.06. The SMILES string of the molecule is CCCS(=O)(=O)Nc1nc(C(C)N)cs1. The van der Waals surface area contributed by atoms with Gasteiger partial charge in [-0.2, -0.15) is 0 Å². The molecule has 0 amide bonds. The fourth-order valence-corrected chi connectivity index (χ4v) is 3.18. The molecule has 1 atom stereocenters. The van der Waals surface area contributed by atoms with Crippen molar-refractivity contribution < 1.29 is 8.42 Å². The van der Waals surface area contributed by atoms with Gasteiger partial charge in [-0.05, 0) is 13.3 Å². The molecule has 1 aromatic rings. The van der Waals surface area contributed by atoms with Crippen LogP contribution in [0.5, 0.6) is 0 Å². The second-order valence-electron chi connectivity index (χ2n) is 3.29. The summed E-state index contributed by atoms with van der Waals surface area (Å²) in [5.74, 6) is 0.111. The minimum atomic E-state index is -3.24. The quantitative estimate of drug-likeness (QED) is 0.824. The van der Waals surface area contributed by atoms with Crippen LogP contribution in [-0.4, -0.2) is 19.2 Å². The number of anilines is 1. The van der Waals surface area contributed by atoms with E-state index < -0.39 is 10.0 Å². The molecule has 0 spiro atoms. The first-order valence-corrected chi connectivity index (χ1v) is 7.19. The van der Waals surface area contributed by atoms with E-state index in [1.54, 1.807) is 12.3 Å². The molecular weight excluding hydrogens is 234 g/mol. The van der Waals surface area contributed by atoms with Crippen LogP contribution in [0.3, 0.4) is 0 Å². The number of hydrogen-bond acceptors (Lipinski definition) is 5. The highest BCUT2D eigenvalue weighted by Gasteiger charge is 2.12. The van der Waals surface area contributed by atoms with Crippen LogP contribution in [0, 0.1) is 0 Å². The summed E-state index contributed by atoms with van der Waals surface area (Å²) in [7, 11) is -3.24. The zero-order chi connectivity index (χ0) is 11.5. The van der Waals surface area contributed by atoms with Crippen molar-refractivity contribution in [2.75, 3.05) is 10.5 Å². The van der Waals surface area contributed by atoms with E-state index in [0.717, 1.165) is 0 Å². The van der Waals surface area contributed by atoms with Crippen molar-refractivity contribution in [2.24, 2.45) is 5.73 Å². The summed E-state index contributed by atoms with van der Waals surface area (Å²) >= 11 is 1.25. The summed E-state index contributed by atoms with van der Waals surface area (Å²) in [6.45, 7) is 3.62. The standard InChI is InChI=1S/C8H15N3O2S2/c1-3-4-15(12,13)11-8-10-7(5-14-8)6(2)9/h5-6H,3-4,9H2,1-2H3,(H,10,11). The summed E-state index contributed by atoms with van der Waals surface area (Å²) in [5.41, 5.74) is 6.32. The van der Waals surface area contributed by atoms with E-state index >= 15 is 0 Å². The molecule has 86 valence electrons. The van der Waals surface area contributed by atoms with Gasteiger partial charge in [0, 0.05) is 11.4 Å². The van der Waals surface area contributed by atoms with Crippen LogP contribution in [0.25, 0.3) is 0 Å². The third-order valence-corrected chi connectivity index (χ3v) is 4.06. The number of nitrogens with two attached hydrogens (primary N) is 1. The molecule has 1 rings (SSSR count). The van der Waals surface area contributed by atoms with E-state index in [9.17, 15) is 8.42 Å². The van der Waals surface area contributed by atoms with Gasteiger partial charge in [-0.25, -0.2) is 13.4 Å². The van der Waals surface area contributed by atoms with Gasteiger partial charge >= 0.3 is 0 Å². The van der Waals surface area contributed by atoms with E-state index in [4.69, 9.17) is 5.73 Å². The van der Waals surface area contributed by atoms with Gasteiger partial charge in [0.25, 0.3) is 0 Å². The van der Waals surface area contributed by atoms with Crippen molar-refractivity contribution in [1.29, 1.82) is 0 Å². The zero-order valence-corrected chi connectivity index (χ0v) is 10.4. The fourth-order valence-electron chi connectivity index (χ4n) is 0.995. The van der Waals surface area contributed by atoms with Gasteiger partial charge in [-0.3, -0.25) is 4.72 Å². The Bertz CT molecular complexity index is 411. The van der Waals surface area contributed by atoms with Gasteiger partial charge in [0.15, 0.2) is 5.13 Å². The molecule has 0 aliphatic carbocycles. The molecule has 1 unspecified atom stereocenters. The van der Waals surface area contributed by atoms with Gasteiger partial charge < -0.3 is 5.73 Å². The second-order valence-corrected chi connectivity index (χ2v) is 5.99. The van der Waals surface area contributed by atoms with Crippen LogP contribution in [0.15, 0.2) is 5.38 Å². The van der Waals surface area contributed by atoms with Crippen LogP contribution < -0.4 is 10.5 Å². The molecular formula is C8H15N3O2S2. The summed E-state index contributed by atoms with van der Waals surface area (Å²) in [5, 5.41) is 2.14. The number of sulfonamides is 1. The summed E-state index contributed by atoms with van der Waals surface area (Å²) in [6.07, 6.45) is 0.584. The maximum absolute atomic E-state index is 11.4. The lowest BCUT2D eigenvalue weighted by Crippen LogP contribution is -2.16. The first-order chi connectivity index (χ1) is 6.94. The zero-order valence-electron chi connectivity index (χ0n) is 8.73. The second kappa shape index (κ2) is 4.91. The lowest BCUT2D eigenvalue weighted by molar-refractivity contribution is 0.600. The maximum Gasteiger partial charge on any atom is 0.234 e. The molecule has 0 aliphatic rings. The first-order valence-electron chi connectivity index (χ1n) is 4.66. The van der Waals surface area contributed by atoms with Crippen molar-refractivity contribution in [3.8, 4) is 0 Å². The minimum Gasteiger partial charge on any atom is -0.323 e. The number of thiazole rings is 1. The normalized spacial score (nSPS) is 13.8. The van der Waals surface area contributed by atoms with Crippen molar-refractivity contribution in [3.63, 3.8) is 0 Å². The van der Waals surface area contributed by atoms with E-state index in [2.05, 4.69) is 9.71 Å². The monoisotopic (exact) mass is 249 g/mol. The highest BCUT2D eigenvalue weighted by Crippen LogP contribution is 2.20. The van der Waals surface area contributed by atoms with Gasteiger partial charge in [-0.15, -0.1) is 11.3 Å². The van der Waals surface area contributed by atoms with Crippen LogP contribution in [-0.2, 0) is 10.0 Å². The average Bonchev–Trinajstić information content (AvgIpc) is 2.51. The lowest BCUT2D eigenvalue weighted by Gasteiger charge is -2.02. The summed E-state index contributed by atoms with van der Waals surface area (Å²) in [4.78, 5) is 4.08. The van der Waals surface area contributed by atoms with Gasteiger partial charge in [0.2, 0.25) is 10.0 Å². The number of aromatic nitrogens is 1. The predicted octanol–water partition coefficient (Wildman–Crippen LogP) is 1.31. The van der Waals surface area contributed by atoms with Crippen molar-refractivity contribution in [3.05, 3.63) is 11.1 Å². The highest BCUT2D eigenvalue weighted by atomic mass is 32.2. The number of nitrogens with zero attached hydrogens (tertiary/aromatic N) is 1. The van der Waals surface area contributed by atoms with Crippen molar-refractivity contribution in [2.45, 2.75) is 26.3 Å². The number of hydrogen-bond donors (Lipinski definition) is 2. The van der Waals surface area contributed by atoms with Crippen LogP contribution in [0.2, 0.25) is 0 Å². The third-order valence-electron chi connectivity index (χ3n) is 1.70. The average molecular weight is 249 g/mol. The molecule has 5 nitrogen and oxygen atoms in total. The molecule has 0 bridgehead atoms. The topological polar surface area (TPSA) is 85.1 Å². The van der Waals surface area contributed by atoms with Gasteiger partial charge in [0.1, 0.15) is 0 Å². The van der Waals surface area contributed by atoms with Gasteiger partial charge in [0.05, 0.1) is 11.4 Å². The predicted molar refractivity (Wildman–Crippen MR) is 62.4 cm³/mol. The van der Waals surface area contributed by atoms with Crippen LogP contribution in [0.4, 0.5) is 5.13 Å². The van der Waals surface area contributed by atoms with E-state index in [-0.39, 0.29) is 11.8 Å². The summed E-state index contributed by atoms with van der Waals surface area (Å²) < 4.78 is 25.2. The number of nitrogens with one attached hydrogen (secondary N) is 1. The molecule has 0 radical (unpaired) electrons. The van der Waals surface area contributed by atoms with Crippen LogP contribution in [0.1, 0.15) is 32.0 Å². The van der Waals surface area contributed by atoms with Crippen molar-refractivity contribution in [1.82, 2.24) is 4.98 Å². The third kappa shape index (κ3) is 3.77. The molecule has 3 N–H and O–H groups in total. The maximum atomic E-state index is 11.4. The molecule has 1 heterocycles. The molecule has 7 heteroatoms. The Morgan fingerprint density at radius 2 is 2.33 bits per heavy atom. The first kappa shape index (κ1) is 12.4. The molecule has 0 aliphatic heterocycles. The molecule has 1 aromatic heterocycles. The van der Waals surface area contributed by atoms with Gasteiger partial charge in [-0.1, -0.05) is 6.92 Å². The Balaban J connectivity index is 2.73. The molecule has 0 fully saturated rings. The molecule has 0 saturated heterocycles. The molecule has 0 aromatic carbocycles. The van der Waals surface area contributed by atoms with Crippen molar-refractivity contribution >= 4 is 26.5 Å². The minimum absolute atomic E-state index is 0.111. The molecule has 0 saturated carbocycles. The molecule has 15 heavy (non-hydrogen) atoms. The van der Waals surface area contributed by atoms with E-state index in [1.165, 1.54) is 11.3 Å². The van der Waals surface area contributed by atoms with Crippen LogP contribution >= 0.6 is 11.3 Å². The highest BCUT2D eigenvalue weighted by molar-refractivity contribution is 7.92. The fraction of sp³-hybridized carbons (Fsp3) is 0.625. The lowest BCUT2D eigenvalue weighted by atomic mass is 10.3. The summed E-state index contributed by atoms with van der Waals surface area (Å²) in [6, 6.07) is -0.175. The Morgan fingerprint density at radius 3 is 2.80 bits per heavy atom.